The van der Waals surface area contributed by atoms with E-state index < -0.39 is 6.10 Å². The Bertz CT molecular complexity index is 1210. The van der Waals surface area contributed by atoms with Crippen LogP contribution in [0.5, 0.6) is 0 Å². The molecule has 0 saturated carbocycles. The highest BCUT2D eigenvalue weighted by Crippen LogP contribution is 2.15. The van der Waals surface area contributed by atoms with Crippen molar-refractivity contribution in [1.82, 2.24) is 0 Å². The molecule has 0 saturated heterocycles. The first kappa shape index (κ1) is 60.9. The smallest absolute Gasteiger partial charge is 0.306 e. The maximum Gasteiger partial charge on any atom is 0.306 e. The number of rotatable bonds is 48. The summed E-state index contributed by atoms with van der Waals surface area (Å²) in [5.41, 5.74) is 0. The lowest BCUT2D eigenvalue weighted by molar-refractivity contribution is -0.167. The summed E-state index contributed by atoms with van der Waals surface area (Å²) >= 11 is 0. The lowest BCUT2D eigenvalue weighted by atomic mass is 10.1. The molecule has 0 aliphatic carbocycles. The second kappa shape index (κ2) is 52.5. The fraction of sp³-hybridized carbons (Fsp3) is 0.741. The molecule has 368 valence electrons. The topological polar surface area (TPSA) is 78.9 Å². The highest BCUT2D eigenvalue weighted by molar-refractivity contribution is 5.71. The van der Waals surface area contributed by atoms with Gasteiger partial charge in [-0.3, -0.25) is 14.4 Å². The molecule has 0 radical (unpaired) electrons. The van der Waals surface area contributed by atoms with Gasteiger partial charge in [0.1, 0.15) is 13.2 Å². The van der Waals surface area contributed by atoms with Crippen molar-refractivity contribution in [3.05, 3.63) is 72.9 Å². The van der Waals surface area contributed by atoms with Gasteiger partial charge in [-0.25, -0.2) is 0 Å². The van der Waals surface area contributed by atoms with Gasteiger partial charge in [0, 0.05) is 19.3 Å². The fourth-order valence-corrected chi connectivity index (χ4v) is 7.39. The monoisotopic (exact) mass is 893 g/mol. The molecule has 0 aromatic carbocycles. The summed E-state index contributed by atoms with van der Waals surface area (Å²) < 4.78 is 16.8. The zero-order chi connectivity index (χ0) is 46.5. The number of hydrogen-bond acceptors (Lipinski definition) is 6. The Morgan fingerprint density at radius 3 is 1.02 bits per heavy atom. The highest BCUT2D eigenvalue weighted by atomic mass is 16.6. The summed E-state index contributed by atoms with van der Waals surface area (Å²) in [6, 6.07) is 0. The van der Waals surface area contributed by atoms with Crippen LogP contribution in [0.4, 0.5) is 0 Å². The molecular formula is C58H100O6. The van der Waals surface area contributed by atoms with E-state index in [-0.39, 0.29) is 31.1 Å². The second-order valence-corrected chi connectivity index (χ2v) is 17.8. The van der Waals surface area contributed by atoms with Crippen LogP contribution in [0.25, 0.3) is 0 Å². The van der Waals surface area contributed by atoms with Crippen LogP contribution < -0.4 is 0 Å². The standard InChI is InChI=1S/C58H100O6/c1-4-7-10-13-16-19-22-23-24-25-26-27-28-29-30-31-32-33-34-35-37-39-42-45-48-51-57(60)63-54-55(53-62-56(59)50-47-44-41-38-21-18-15-12-9-6-3)64-58(61)52-49-46-43-40-36-20-17-14-11-8-5-2/h7,10,14,16-17,19,23-24,26-27,29-30,55H,4-6,8-9,11-13,15,18,20-22,25,28,31-54H2,1-3H3/b10-7-,17-14-,19-16-,24-23-,27-26-,30-29-. The summed E-state index contributed by atoms with van der Waals surface area (Å²) in [4.78, 5) is 37.9. The van der Waals surface area contributed by atoms with Crippen molar-refractivity contribution in [3.8, 4) is 0 Å². The molecule has 6 nitrogen and oxygen atoms in total. The van der Waals surface area contributed by atoms with E-state index in [0.29, 0.717) is 19.3 Å². The van der Waals surface area contributed by atoms with Crippen LogP contribution in [0.15, 0.2) is 72.9 Å². The normalized spacial score (nSPS) is 12.6. The molecule has 0 bridgehead atoms. The molecule has 64 heavy (non-hydrogen) atoms. The van der Waals surface area contributed by atoms with E-state index >= 15 is 0 Å². The van der Waals surface area contributed by atoms with Crippen LogP contribution >= 0.6 is 0 Å². The zero-order valence-electron chi connectivity index (χ0n) is 42.0. The highest BCUT2D eigenvalue weighted by Gasteiger charge is 2.19. The zero-order valence-corrected chi connectivity index (χ0v) is 42.0. The summed E-state index contributed by atoms with van der Waals surface area (Å²) in [5.74, 6) is -0.894. The second-order valence-electron chi connectivity index (χ2n) is 17.8. The maximum atomic E-state index is 12.7. The van der Waals surface area contributed by atoms with Gasteiger partial charge >= 0.3 is 17.9 Å². The van der Waals surface area contributed by atoms with E-state index in [2.05, 4.69) is 93.7 Å². The molecule has 0 amide bonds. The van der Waals surface area contributed by atoms with Gasteiger partial charge in [-0.15, -0.1) is 0 Å². The van der Waals surface area contributed by atoms with Crippen molar-refractivity contribution in [2.75, 3.05) is 13.2 Å². The fourth-order valence-electron chi connectivity index (χ4n) is 7.39. The molecule has 0 heterocycles. The molecule has 0 fully saturated rings. The van der Waals surface area contributed by atoms with E-state index in [1.54, 1.807) is 0 Å². The average Bonchev–Trinajstić information content (AvgIpc) is 3.29. The van der Waals surface area contributed by atoms with Crippen LogP contribution in [0.2, 0.25) is 0 Å². The minimum Gasteiger partial charge on any atom is -0.462 e. The molecule has 0 aromatic heterocycles. The number of carbonyl (C=O) groups excluding carboxylic acids is 3. The van der Waals surface area contributed by atoms with Gasteiger partial charge in [0.15, 0.2) is 6.10 Å². The van der Waals surface area contributed by atoms with E-state index in [1.165, 1.54) is 109 Å². The first-order valence-corrected chi connectivity index (χ1v) is 26.9. The summed E-state index contributed by atoms with van der Waals surface area (Å²) in [7, 11) is 0. The molecule has 0 aliphatic heterocycles. The van der Waals surface area contributed by atoms with Crippen molar-refractivity contribution >= 4 is 17.9 Å². The number of unbranched alkanes of at least 4 members (excludes halogenated alkanes) is 25. The third kappa shape index (κ3) is 49.9. The molecule has 0 aliphatic rings. The first-order valence-electron chi connectivity index (χ1n) is 26.9. The number of hydrogen-bond donors (Lipinski definition) is 0. The van der Waals surface area contributed by atoms with Gasteiger partial charge in [0.05, 0.1) is 0 Å². The van der Waals surface area contributed by atoms with Gasteiger partial charge < -0.3 is 14.2 Å². The van der Waals surface area contributed by atoms with Crippen LogP contribution in [-0.2, 0) is 28.6 Å². The average molecular weight is 893 g/mol. The Morgan fingerprint density at radius 2 is 0.625 bits per heavy atom. The minimum atomic E-state index is -0.778. The van der Waals surface area contributed by atoms with Gasteiger partial charge in [0.25, 0.3) is 0 Å². The minimum absolute atomic E-state index is 0.0786. The summed E-state index contributed by atoms with van der Waals surface area (Å²) in [6.07, 6.45) is 66.1. The van der Waals surface area contributed by atoms with Crippen LogP contribution in [0.3, 0.4) is 0 Å². The van der Waals surface area contributed by atoms with Crippen molar-refractivity contribution in [2.24, 2.45) is 0 Å². The predicted octanol–water partition coefficient (Wildman–Crippen LogP) is 17.8. The number of ether oxygens (including phenoxy) is 3. The summed E-state index contributed by atoms with van der Waals surface area (Å²) in [6.45, 7) is 6.47. The Morgan fingerprint density at radius 1 is 0.328 bits per heavy atom. The van der Waals surface area contributed by atoms with E-state index in [4.69, 9.17) is 14.2 Å². The summed E-state index contributed by atoms with van der Waals surface area (Å²) in [5, 5.41) is 0. The predicted molar refractivity (Wildman–Crippen MR) is 274 cm³/mol. The molecule has 0 rings (SSSR count). The lowest BCUT2D eigenvalue weighted by Gasteiger charge is -2.18. The van der Waals surface area contributed by atoms with E-state index in [9.17, 15) is 14.4 Å². The Hall–Kier alpha value is -3.15. The molecule has 1 atom stereocenters. The van der Waals surface area contributed by atoms with Gasteiger partial charge in [-0.1, -0.05) is 229 Å². The van der Waals surface area contributed by atoms with Crippen LogP contribution in [-0.4, -0.2) is 37.2 Å². The quantitative estimate of drug-likeness (QED) is 0.0262. The molecule has 0 N–H and O–H groups in total. The van der Waals surface area contributed by atoms with Gasteiger partial charge in [-0.05, 0) is 83.5 Å². The molecular weight excluding hydrogens is 793 g/mol. The number of esters is 3. The Balaban J connectivity index is 4.22. The van der Waals surface area contributed by atoms with Gasteiger partial charge in [0.2, 0.25) is 0 Å². The molecule has 0 aromatic rings. The Labute approximate surface area is 395 Å². The third-order valence-electron chi connectivity index (χ3n) is 11.4. The molecule has 1 unspecified atom stereocenters. The Kier molecular flexibility index (Phi) is 49.9. The van der Waals surface area contributed by atoms with Gasteiger partial charge in [-0.2, -0.15) is 0 Å². The van der Waals surface area contributed by atoms with E-state index in [0.717, 1.165) is 109 Å². The first-order chi connectivity index (χ1) is 31.5. The van der Waals surface area contributed by atoms with Crippen molar-refractivity contribution in [2.45, 2.75) is 264 Å². The lowest BCUT2D eigenvalue weighted by Crippen LogP contribution is -2.30. The SMILES string of the molecule is CC/C=C\C/C=C\C/C=C\C/C=C\C/C=C\CCCCCCCCCCCC(=O)OCC(COC(=O)CCCCCCCCCCCC)OC(=O)CCCCCCC/C=C\CCCC. The van der Waals surface area contributed by atoms with Crippen molar-refractivity contribution in [3.63, 3.8) is 0 Å². The number of allylic oxidation sites excluding steroid dienone is 12. The van der Waals surface area contributed by atoms with Crippen LogP contribution in [0.1, 0.15) is 258 Å². The molecule has 6 heteroatoms. The van der Waals surface area contributed by atoms with Crippen molar-refractivity contribution < 1.29 is 28.6 Å². The maximum absolute atomic E-state index is 12.7. The van der Waals surface area contributed by atoms with Crippen molar-refractivity contribution in [1.29, 1.82) is 0 Å². The third-order valence-corrected chi connectivity index (χ3v) is 11.4. The van der Waals surface area contributed by atoms with Crippen LogP contribution in [0, 0.1) is 0 Å². The van der Waals surface area contributed by atoms with E-state index in [1.807, 2.05) is 0 Å². The molecule has 0 spiro atoms. The largest absolute Gasteiger partial charge is 0.462 e. The number of carbonyl (C=O) groups is 3.